The van der Waals surface area contributed by atoms with Crippen LogP contribution in [0.2, 0.25) is 0 Å². The number of methoxy groups -OCH3 is 1. The maximum Gasteiger partial charge on any atom is 0.274 e. The molecule has 4 rings (SSSR count). The summed E-state index contributed by atoms with van der Waals surface area (Å²) in [6, 6.07) is 14.9. The van der Waals surface area contributed by atoms with Crippen LogP contribution in [0.1, 0.15) is 33.3 Å². The molecule has 3 aromatic heterocycles. The summed E-state index contributed by atoms with van der Waals surface area (Å²) in [5, 5.41) is 12.0. The number of aromatic nitrogens is 6. The number of carbonyl (C=O) groups excluding carboxylic acids is 1. The fraction of sp³-hybridized carbons (Fsp3) is 0.217. The third-order valence-corrected chi connectivity index (χ3v) is 5.61. The van der Waals surface area contributed by atoms with E-state index in [1.807, 2.05) is 62.4 Å². The van der Waals surface area contributed by atoms with Crippen molar-refractivity contribution in [1.82, 2.24) is 35.3 Å². The second kappa shape index (κ2) is 10.2. The van der Waals surface area contributed by atoms with Gasteiger partial charge in [0.25, 0.3) is 5.91 Å². The van der Waals surface area contributed by atoms with Gasteiger partial charge >= 0.3 is 0 Å². The minimum Gasteiger partial charge on any atom is -0.497 e. The third-order valence-electron chi connectivity index (χ3n) is 4.75. The van der Waals surface area contributed by atoms with Crippen LogP contribution in [0.4, 0.5) is 0 Å². The molecule has 1 amide bonds. The molecule has 0 aliphatic carbocycles. The van der Waals surface area contributed by atoms with Crippen LogP contribution in [0.25, 0.3) is 5.69 Å². The number of thioether (sulfide) groups is 1. The zero-order valence-corrected chi connectivity index (χ0v) is 19.3. The largest absolute Gasteiger partial charge is 0.497 e. The first-order valence-electron chi connectivity index (χ1n) is 10.3. The van der Waals surface area contributed by atoms with Crippen LogP contribution >= 0.6 is 11.8 Å². The van der Waals surface area contributed by atoms with Crippen molar-refractivity contribution in [2.24, 2.45) is 0 Å². The highest BCUT2D eigenvalue weighted by Crippen LogP contribution is 2.24. The molecule has 10 heteroatoms. The summed E-state index contributed by atoms with van der Waals surface area (Å²) in [6.45, 7) is 4.15. The third kappa shape index (κ3) is 5.53. The molecule has 9 nitrogen and oxygen atoms in total. The van der Waals surface area contributed by atoms with E-state index in [0.717, 1.165) is 28.5 Å². The molecule has 1 aromatic carbocycles. The summed E-state index contributed by atoms with van der Waals surface area (Å²) in [4.78, 5) is 26.2. The fourth-order valence-corrected chi connectivity index (χ4v) is 4.13. The van der Waals surface area contributed by atoms with Gasteiger partial charge in [0, 0.05) is 23.3 Å². The molecular weight excluding hydrogens is 438 g/mol. The molecule has 0 radical (unpaired) electrons. The Morgan fingerprint density at radius 2 is 1.85 bits per heavy atom. The first-order valence-corrected chi connectivity index (χ1v) is 11.2. The van der Waals surface area contributed by atoms with E-state index in [0.29, 0.717) is 23.1 Å². The van der Waals surface area contributed by atoms with Gasteiger partial charge in [-0.25, -0.2) is 14.6 Å². The number of hydrogen-bond acceptors (Lipinski definition) is 8. The van der Waals surface area contributed by atoms with Gasteiger partial charge in [-0.15, -0.1) is 5.10 Å². The summed E-state index contributed by atoms with van der Waals surface area (Å²) >= 11 is 1.43. The molecular formula is C23H23N7O2S. The van der Waals surface area contributed by atoms with Crippen molar-refractivity contribution < 1.29 is 9.53 Å². The molecule has 0 spiro atoms. The lowest BCUT2D eigenvalue weighted by atomic mass is 10.2. The van der Waals surface area contributed by atoms with Gasteiger partial charge in [0.1, 0.15) is 5.75 Å². The van der Waals surface area contributed by atoms with Crippen LogP contribution in [0.3, 0.4) is 0 Å². The number of nitrogens with zero attached hydrogens (tertiary/aromatic N) is 6. The van der Waals surface area contributed by atoms with E-state index in [-0.39, 0.29) is 11.6 Å². The molecule has 0 saturated heterocycles. The Labute approximate surface area is 195 Å². The lowest BCUT2D eigenvalue weighted by Gasteiger charge is -2.09. The van der Waals surface area contributed by atoms with E-state index in [4.69, 9.17) is 4.74 Å². The van der Waals surface area contributed by atoms with Gasteiger partial charge in [-0.2, -0.15) is 0 Å². The molecule has 33 heavy (non-hydrogen) atoms. The maximum atomic E-state index is 13.0. The Hall–Kier alpha value is -3.79. The van der Waals surface area contributed by atoms with Gasteiger partial charge < -0.3 is 10.1 Å². The van der Waals surface area contributed by atoms with Crippen LogP contribution in [0.5, 0.6) is 5.75 Å². The predicted octanol–water partition coefficient (Wildman–Crippen LogP) is 3.30. The molecule has 0 atom stereocenters. The van der Waals surface area contributed by atoms with Crippen molar-refractivity contribution in [3.8, 4) is 11.4 Å². The fourth-order valence-electron chi connectivity index (χ4n) is 3.19. The van der Waals surface area contributed by atoms with Gasteiger partial charge in [-0.1, -0.05) is 23.0 Å². The first-order chi connectivity index (χ1) is 16.0. The van der Waals surface area contributed by atoms with Gasteiger partial charge in [0.05, 0.1) is 30.7 Å². The van der Waals surface area contributed by atoms with E-state index in [2.05, 4.69) is 30.6 Å². The van der Waals surface area contributed by atoms with Crippen LogP contribution in [-0.2, 0) is 12.3 Å². The summed E-state index contributed by atoms with van der Waals surface area (Å²) < 4.78 is 6.90. The molecule has 3 heterocycles. The Kier molecular flexibility index (Phi) is 6.94. The van der Waals surface area contributed by atoms with Crippen LogP contribution < -0.4 is 10.1 Å². The first kappa shape index (κ1) is 22.4. The second-order valence-electron chi connectivity index (χ2n) is 7.22. The number of rotatable bonds is 8. The lowest BCUT2D eigenvalue weighted by molar-refractivity contribution is 0.0944. The quantitative estimate of drug-likeness (QED) is 0.315. The van der Waals surface area contributed by atoms with Crippen LogP contribution in [0, 0.1) is 13.8 Å². The average molecular weight is 462 g/mol. The van der Waals surface area contributed by atoms with E-state index in [1.165, 1.54) is 11.8 Å². The Bertz CT molecular complexity index is 1220. The van der Waals surface area contributed by atoms with Crippen molar-refractivity contribution in [3.05, 3.63) is 83.2 Å². The summed E-state index contributed by atoms with van der Waals surface area (Å²) in [6.07, 6.45) is 1.69. The van der Waals surface area contributed by atoms with E-state index in [1.54, 1.807) is 18.0 Å². The van der Waals surface area contributed by atoms with E-state index < -0.39 is 0 Å². The zero-order valence-electron chi connectivity index (χ0n) is 18.5. The average Bonchev–Trinajstić information content (AvgIpc) is 3.25. The van der Waals surface area contributed by atoms with E-state index >= 15 is 0 Å². The standard InChI is InChI=1S/C23H23N7O2S/c1-15-12-16(2)27-23(26-15)33-14-20-21(22(31)25-13-17-6-4-5-11-24-17)28-29-30(20)18-7-9-19(32-3)10-8-18/h4-12H,13-14H2,1-3H3,(H,25,31). The monoisotopic (exact) mass is 461 g/mol. The highest BCUT2D eigenvalue weighted by molar-refractivity contribution is 7.98. The van der Waals surface area contributed by atoms with Crippen molar-refractivity contribution in [2.45, 2.75) is 31.3 Å². The predicted molar refractivity (Wildman–Crippen MR) is 124 cm³/mol. The number of carbonyl (C=O) groups is 1. The molecule has 4 aromatic rings. The van der Waals surface area contributed by atoms with Gasteiger partial charge in [-0.05, 0) is 56.3 Å². The maximum absolute atomic E-state index is 13.0. The topological polar surface area (TPSA) is 108 Å². The summed E-state index contributed by atoms with van der Waals surface area (Å²) in [7, 11) is 1.61. The molecule has 1 N–H and O–H groups in total. The van der Waals surface area contributed by atoms with E-state index in [9.17, 15) is 4.79 Å². The molecule has 0 aliphatic heterocycles. The zero-order chi connectivity index (χ0) is 23.2. The molecule has 0 saturated carbocycles. The lowest BCUT2D eigenvalue weighted by Crippen LogP contribution is -2.25. The summed E-state index contributed by atoms with van der Waals surface area (Å²) in [5.74, 6) is 0.818. The van der Waals surface area contributed by atoms with Gasteiger partial charge in [0.15, 0.2) is 10.9 Å². The smallest absolute Gasteiger partial charge is 0.274 e. The van der Waals surface area contributed by atoms with Gasteiger partial charge in [0.2, 0.25) is 0 Å². The van der Waals surface area contributed by atoms with Crippen molar-refractivity contribution in [1.29, 1.82) is 0 Å². The molecule has 0 fully saturated rings. The SMILES string of the molecule is COc1ccc(-n2nnc(C(=O)NCc3ccccn3)c2CSc2nc(C)cc(C)n2)cc1. The van der Waals surface area contributed by atoms with Crippen molar-refractivity contribution in [2.75, 3.05) is 7.11 Å². The number of nitrogens with one attached hydrogen (secondary N) is 1. The summed E-state index contributed by atoms with van der Waals surface area (Å²) in [5.41, 5.74) is 4.20. The molecule has 0 aliphatic rings. The minimum absolute atomic E-state index is 0.249. The van der Waals surface area contributed by atoms with Crippen LogP contribution in [0.15, 0.2) is 59.9 Å². The van der Waals surface area contributed by atoms with Crippen LogP contribution in [-0.4, -0.2) is 43.0 Å². The van der Waals surface area contributed by atoms with Gasteiger partial charge in [-0.3, -0.25) is 9.78 Å². The van der Waals surface area contributed by atoms with Crippen molar-refractivity contribution >= 4 is 17.7 Å². The second-order valence-corrected chi connectivity index (χ2v) is 8.16. The molecule has 0 unspecified atom stereocenters. The number of aryl methyl sites for hydroxylation is 2. The Morgan fingerprint density at radius 1 is 1.09 bits per heavy atom. The van der Waals surface area contributed by atoms with Crippen molar-refractivity contribution in [3.63, 3.8) is 0 Å². The number of amides is 1. The highest BCUT2D eigenvalue weighted by Gasteiger charge is 2.21. The number of benzene rings is 1. The minimum atomic E-state index is -0.322. The Morgan fingerprint density at radius 3 is 2.52 bits per heavy atom. The number of hydrogen-bond donors (Lipinski definition) is 1. The highest BCUT2D eigenvalue weighted by atomic mass is 32.2. The normalized spacial score (nSPS) is 10.8. The number of pyridine rings is 1. The Balaban J connectivity index is 1.62. The molecule has 168 valence electrons. The number of ether oxygens (including phenoxy) is 1. The molecule has 0 bridgehead atoms.